The maximum Gasteiger partial charge on any atom is 0.126 e. The fraction of sp³-hybridized carbons (Fsp3) is 0.533. The summed E-state index contributed by atoms with van der Waals surface area (Å²) >= 11 is 0. The van der Waals surface area contributed by atoms with Crippen molar-refractivity contribution < 1.29 is 5.11 Å². The van der Waals surface area contributed by atoms with Crippen LogP contribution in [0.5, 0.6) is 0 Å². The molecule has 0 aliphatic rings. The third-order valence-electron chi connectivity index (χ3n) is 3.54. The van der Waals surface area contributed by atoms with E-state index in [0.29, 0.717) is 6.04 Å². The van der Waals surface area contributed by atoms with E-state index in [2.05, 4.69) is 36.8 Å². The van der Waals surface area contributed by atoms with E-state index in [-0.39, 0.29) is 12.6 Å². The van der Waals surface area contributed by atoms with Gasteiger partial charge in [0.1, 0.15) is 5.82 Å². The number of aliphatic hydroxyl groups excluding tert-OH is 1. The van der Waals surface area contributed by atoms with Crippen molar-refractivity contribution in [3.8, 4) is 0 Å². The van der Waals surface area contributed by atoms with Crippen molar-refractivity contribution in [3.05, 3.63) is 30.1 Å². The van der Waals surface area contributed by atoms with E-state index in [1.165, 1.54) is 0 Å². The minimum Gasteiger partial charge on any atom is -0.396 e. The van der Waals surface area contributed by atoms with Gasteiger partial charge in [0, 0.05) is 19.7 Å². The number of aliphatic hydroxyl groups is 1. The lowest BCUT2D eigenvalue weighted by Crippen LogP contribution is -2.30. The highest BCUT2D eigenvalue weighted by atomic mass is 16.2. The molecule has 4 nitrogen and oxygen atoms in total. The number of nitrogens with zero attached hydrogens (tertiary/aromatic N) is 2. The summed E-state index contributed by atoms with van der Waals surface area (Å²) in [5, 5.41) is 12.4. The van der Waals surface area contributed by atoms with Gasteiger partial charge in [-0.05, 0) is 38.8 Å². The van der Waals surface area contributed by atoms with Crippen molar-refractivity contribution in [1.82, 2.24) is 14.9 Å². The van der Waals surface area contributed by atoms with Crippen LogP contribution in [0.3, 0.4) is 0 Å². The summed E-state index contributed by atoms with van der Waals surface area (Å²) in [6, 6.07) is 8.76. The Morgan fingerprint density at radius 3 is 2.74 bits per heavy atom. The summed E-state index contributed by atoms with van der Waals surface area (Å²) in [5.41, 5.74) is 2.20. The maximum atomic E-state index is 8.86. The summed E-state index contributed by atoms with van der Waals surface area (Å²) in [4.78, 5) is 4.70. The van der Waals surface area contributed by atoms with Crippen LogP contribution in [0.1, 0.15) is 38.6 Å². The average Bonchev–Trinajstić information content (AvgIpc) is 2.74. The van der Waals surface area contributed by atoms with E-state index < -0.39 is 0 Å². The zero-order chi connectivity index (χ0) is 13.8. The normalized spacial score (nSPS) is 14.7. The molecule has 0 bridgehead atoms. The van der Waals surface area contributed by atoms with Crippen LogP contribution in [0.15, 0.2) is 24.3 Å². The molecule has 2 atom stereocenters. The van der Waals surface area contributed by atoms with Crippen LogP contribution in [0, 0.1) is 0 Å². The first-order chi connectivity index (χ1) is 9.13. The minimum atomic E-state index is 0.200. The fourth-order valence-corrected chi connectivity index (χ4v) is 2.53. The monoisotopic (exact) mass is 261 g/mol. The Labute approximate surface area is 114 Å². The lowest BCUT2D eigenvalue weighted by molar-refractivity contribution is 0.274. The predicted molar refractivity (Wildman–Crippen MR) is 78.0 cm³/mol. The number of hydrogen-bond acceptors (Lipinski definition) is 3. The van der Waals surface area contributed by atoms with Crippen LogP contribution < -0.4 is 5.32 Å². The number of fused-ring (bicyclic) bond motifs is 1. The molecule has 4 heteroatoms. The molecule has 104 valence electrons. The molecule has 0 saturated carbocycles. The van der Waals surface area contributed by atoms with Crippen molar-refractivity contribution in [2.24, 2.45) is 7.05 Å². The molecule has 0 amide bonds. The van der Waals surface area contributed by atoms with E-state index >= 15 is 0 Å². The van der Waals surface area contributed by atoms with Gasteiger partial charge < -0.3 is 15.0 Å². The Morgan fingerprint density at radius 2 is 2.05 bits per heavy atom. The molecule has 2 unspecified atom stereocenters. The standard InChI is InChI=1S/C15H23N3O/c1-11(7-6-10-19)16-12(2)15-17-13-8-4-5-9-14(13)18(15)3/h4-5,8-9,11-12,16,19H,6-7,10H2,1-3H3. The highest BCUT2D eigenvalue weighted by molar-refractivity contribution is 5.75. The molecular weight excluding hydrogens is 238 g/mol. The number of benzene rings is 1. The summed E-state index contributed by atoms with van der Waals surface area (Å²) in [6.45, 7) is 4.54. The minimum absolute atomic E-state index is 0.200. The molecule has 2 aromatic rings. The number of nitrogens with one attached hydrogen (secondary N) is 1. The molecule has 0 aliphatic carbocycles. The highest BCUT2D eigenvalue weighted by Crippen LogP contribution is 2.19. The number of aryl methyl sites for hydroxylation is 1. The summed E-state index contributed by atoms with van der Waals surface area (Å²) in [6.07, 6.45) is 1.81. The van der Waals surface area contributed by atoms with E-state index in [0.717, 1.165) is 29.7 Å². The lowest BCUT2D eigenvalue weighted by Gasteiger charge is -2.19. The molecule has 1 aromatic carbocycles. The molecule has 1 aromatic heterocycles. The van der Waals surface area contributed by atoms with Crippen LogP contribution in [-0.2, 0) is 7.05 Å². The van der Waals surface area contributed by atoms with Gasteiger partial charge in [0.05, 0.1) is 17.1 Å². The van der Waals surface area contributed by atoms with Crippen LogP contribution >= 0.6 is 0 Å². The molecular formula is C15H23N3O. The Hall–Kier alpha value is -1.39. The summed E-state index contributed by atoms with van der Waals surface area (Å²) in [5.74, 6) is 1.05. The van der Waals surface area contributed by atoms with E-state index in [9.17, 15) is 0 Å². The predicted octanol–water partition coefficient (Wildman–Crippen LogP) is 2.38. The zero-order valence-electron chi connectivity index (χ0n) is 11.9. The van der Waals surface area contributed by atoms with Crippen molar-refractivity contribution in [1.29, 1.82) is 0 Å². The Morgan fingerprint density at radius 1 is 1.32 bits per heavy atom. The first kappa shape index (κ1) is 14.0. The summed E-state index contributed by atoms with van der Waals surface area (Å²) < 4.78 is 2.14. The van der Waals surface area contributed by atoms with Crippen molar-refractivity contribution in [2.45, 2.75) is 38.8 Å². The third-order valence-corrected chi connectivity index (χ3v) is 3.54. The molecule has 0 aliphatic heterocycles. The van der Waals surface area contributed by atoms with Gasteiger partial charge in [-0.15, -0.1) is 0 Å². The molecule has 0 saturated heterocycles. The second-order valence-electron chi connectivity index (χ2n) is 5.17. The lowest BCUT2D eigenvalue weighted by atomic mass is 10.1. The van der Waals surface area contributed by atoms with Crippen LogP contribution in [0.4, 0.5) is 0 Å². The quantitative estimate of drug-likeness (QED) is 0.839. The fourth-order valence-electron chi connectivity index (χ4n) is 2.53. The molecule has 0 spiro atoms. The van der Waals surface area contributed by atoms with Crippen LogP contribution in [0.2, 0.25) is 0 Å². The zero-order valence-corrected chi connectivity index (χ0v) is 11.9. The van der Waals surface area contributed by atoms with E-state index in [1.54, 1.807) is 0 Å². The number of aromatic nitrogens is 2. The first-order valence-electron chi connectivity index (χ1n) is 6.91. The largest absolute Gasteiger partial charge is 0.396 e. The number of rotatable bonds is 6. The average molecular weight is 261 g/mol. The highest BCUT2D eigenvalue weighted by Gasteiger charge is 2.15. The second kappa shape index (κ2) is 6.17. The van der Waals surface area contributed by atoms with Gasteiger partial charge in [-0.3, -0.25) is 0 Å². The van der Waals surface area contributed by atoms with Gasteiger partial charge in [0.2, 0.25) is 0 Å². The molecule has 0 fully saturated rings. The van der Waals surface area contributed by atoms with E-state index in [4.69, 9.17) is 10.1 Å². The van der Waals surface area contributed by atoms with Crippen molar-refractivity contribution in [2.75, 3.05) is 6.61 Å². The second-order valence-corrected chi connectivity index (χ2v) is 5.17. The number of para-hydroxylation sites is 2. The smallest absolute Gasteiger partial charge is 0.126 e. The van der Waals surface area contributed by atoms with Gasteiger partial charge >= 0.3 is 0 Å². The first-order valence-corrected chi connectivity index (χ1v) is 6.91. The maximum absolute atomic E-state index is 8.86. The molecule has 1 heterocycles. The van der Waals surface area contributed by atoms with Crippen LogP contribution in [-0.4, -0.2) is 27.3 Å². The van der Waals surface area contributed by atoms with Gasteiger partial charge in [0.25, 0.3) is 0 Å². The van der Waals surface area contributed by atoms with Gasteiger partial charge in [-0.25, -0.2) is 4.98 Å². The number of imidazole rings is 1. The number of hydrogen-bond donors (Lipinski definition) is 2. The van der Waals surface area contributed by atoms with Gasteiger partial charge in [0.15, 0.2) is 0 Å². The van der Waals surface area contributed by atoms with Crippen molar-refractivity contribution in [3.63, 3.8) is 0 Å². The van der Waals surface area contributed by atoms with Gasteiger partial charge in [-0.2, -0.15) is 0 Å². The van der Waals surface area contributed by atoms with Crippen LogP contribution in [0.25, 0.3) is 11.0 Å². The topological polar surface area (TPSA) is 50.1 Å². The molecule has 2 N–H and O–H groups in total. The van der Waals surface area contributed by atoms with E-state index in [1.807, 2.05) is 18.2 Å². The molecule has 19 heavy (non-hydrogen) atoms. The Kier molecular flexibility index (Phi) is 4.56. The summed E-state index contributed by atoms with van der Waals surface area (Å²) in [7, 11) is 2.06. The third kappa shape index (κ3) is 3.14. The molecule has 0 radical (unpaired) electrons. The molecule has 2 rings (SSSR count). The SMILES string of the molecule is CC(CCCO)NC(C)c1nc2ccccc2n1C. The van der Waals surface area contributed by atoms with Gasteiger partial charge in [-0.1, -0.05) is 12.1 Å². The Bertz CT molecular complexity index is 535. The van der Waals surface area contributed by atoms with Crippen molar-refractivity contribution >= 4 is 11.0 Å². The Balaban J connectivity index is 2.12.